The summed E-state index contributed by atoms with van der Waals surface area (Å²) in [6.07, 6.45) is -3.28. The second-order valence-electron chi connectivity index (χ2n) is 5.22. The first-order valence-corrected chi connectivity index (χ1v) is 7.63. The van der Waals surface area contributed by atoms with Crippen LogP contribution in [0.15, 0.2) is 42.6 Å². The summed E-state index contributed by atoms with van der Waals surface area (Å²) in [7, 11) is 0. The molecule has 0 aliphatic carbocycles. The van der Waals surface area contributed by atoms with Crippen LogP contribution in [0.1, 0.15) is 15.9 Å². The minimum atomic E-state index is -4.44. The number of carboxylic acid groups (broad SMARTS) is 1. The van der Waals surface area contributed by atoms with E-state index in [9.17, 15) is 18.0 Å². The quantitative estimate of drug-likeness (QED) is 0.594. The minimum Gasteiger partial charge on any atom is -0.478 e. The fourth-order valence-electron chi connectivity index (χ4n) is 2.41. The molecular weight excluding hydrogens is 378 g/mol. The van der Waals surface area contributed by atoms with E-state index < -0.39 is 17.7 Å². The molecule has 0 aliphatic rings. The first-order valence-electron chi connectivity index (χ1n) is 6.87. The van der Waals surface area contributed by atoms with Gasteiger partial charge in [-0.05, 0) is 29.8 Å². The maximum absolute atomic E-state index is 12.7. The molecule has 1 N–H and O–H groups in total. The molecule has 0 spiro atoms. The minimum absolute atomic E-state index is 0.0740. The molecule has 1 heterocycles. The Kier molecular flexibility index (Phi) is 4.34. The van der Waals surface area contributed by atoms with Gasteiger partial charge >= 0.3 is 12.1 Å². The van der Waals surface area contributed by atoms with Crippen molar-refractivity contribution in [3.63, 3.8) is 0 Å². The largest absolute Gasteiger partial charge is 0.478 e. The number of hydrogen-bond donors (Lipinski definition) is 1. The van der Waals surface area contributed by atoms with Crippen molar-refractivity contribution >= 4 is 40.1 Å². The van der Waals surface area contributed by atoms with E-state index in [4.69, 9.17) is 28.3 Å². The molecule has 3 aromatic rings. The Balaban J connectivity index is 2.23. The van der Waals surface area contributed by atoms with Crippen LogP contribution >= 0.6 is 23.2 Å². The van der Waals surface area contributed by atoms with Crippen LogP contribution in [-0.2, 0) is 6.18 Å². The molecule has 0 saturated carbocycles. The molecular formula is C17H8Cl2F3NO2. The number of nitrogens with zero attached hydrogens (tertiary/aromatic N) is 1. The van der Waals surface area contributed by atoms with Crippen LogP contribution in [0.25, 0.3) is 22.0 Å². The molecule has 8 heteroatoms. The van der Waals surface area contributed by atoms with Gasteiger partial charge in [-0.3, -0.25) is 4.98 Å². The summed E-state index contributed by atoms with van der Waals surface area (Å²) in [6.45, 7) is 0. The third kappa shape index (κ3) is 3.27. The number of rotatable bonds is 2. The molecule has 128 valence electrons. The summed E-state index contributed by atoms with van der Waals surface area (Å²) >= 11 is 12.2. The lowest BCUT2D eigenvalue weighted by molar-refractivity contribution is -0.137. The van der Waals surface area contributed by atoms with Crippen molar-refractivity contribution in [2.24, 2.45) is 0 Å². The third-order valence-electron chi connectivity index (χ3n) is 3.63. The maximum atomic E-state index is 12.7. The normalized spacial score (nSPS) is 11.7. The molecule has 25 heavy (non-hydrogen) atoms. The summed E-state index contributed by atoms with van der Waals surface area (Å²) in [5.41, 5.74) is 0.401. The Morgan fingerprint density at radius 3 is 2.28 bits per heavy atom. The number of aromatic nitrogens is 1. The average Bonchev–Trinajstić information content (AvgIpc) is 2.57. The summed E-state index contributed by atoms with van der Waals surface area (Å²) in [5, 5.41) is 9.66. The van der Waals surface area contributed by atoms with Crippen LogP contribution in [0.3, 0.4) is 0 Å². The number of fused-ring (bicyclic) bond motifs is 1. The van der Waals surface area contributed by atoms with Gasteiger partial charge in [-0.2, -0.15) is 13.2 Å². The van der Waals surface area contributed by atoms with Crippen molar-refractivity contribution in [3.8, 4) is 11.1 Å². The molecule has 0 atom stereocenters. The third-order valence-corrected chi connectivity index (χ3v) is 4.43. The van der Waals surface area contributed by atoms with E-state index in [-0.39, 0.29) is 15.6 Å². The molecule has 0 saturated heterocycles. The van der Waals surface area contributed by atoms with E-state index in [1.54, 1.807) is 0 Å². The van der Waals surface area contributed by atoms with Crippen LogP contribution in [-0.4, -0.2) is 16.1 Å². The van der Waals surface area contributed by atoms with Crippen molar-refractivity contribution in [2.45, 2.75) is 6.18 Å². The van der Waals surface area contributed by atoms with Gasteiger partial charge in [-0.1, -0.05) is 35.3 Å². The van der Waals surface area contributed by atoms with Gasteiger partial charge in [0.1, 0.15) is 0 Å². The van der Waals surface area contributed by atoms with Gasteiger partial charge in [0, 0.05) is 17.1 Å². The Hall–Kier alpha value is -2.31. The van der Waals surface area contributed by atoms with Gasteiger partial charge in [0.25, 0.3) is 0 Å². The molecule has 0 amide bonds. The number of benzene rings is 2. The Morgan fingerprint density at radius 2 is 1.72 bits per heavy atom. The van der Waals surface area contributed by atoms with Crippen LogP contribution in [0.4, 0.5) is 13.2 Å². The zero-order chi connectivity index (χ0) is 18.4. The number of carbonyl (C=O) groups is 1. The van der Waals surface area contributed by atoms with Gasteiger partial charge in [-0.25, -0.2) is 4.79 Å². The van der Waals surface area contributed by atoms with Crippen molar-refractivity contribution in [1.82, 2.24) is 4.98 Å². The topological polar surface area (TPSA) is 50.2 Å². The maximum Gasteiger partial charge on any atom is 0.416 e. The summed E-state index contributed by atoms with van der Waals surface area (Å²) in [5.74, 6) is -1.18. The Morgan fingerprint density at radius 1 is 1.08 bits per heavy atom. The van der Waals surface area contributed by atoms with Crippen molar-refractivity contribution in [2.75, 3.05) is 0 Å². The number of carboxylic acids is 1. The van der Waals surface area contributed by atoms with E-state index in [1.807, 2.05) is 0 Å². The van der Waals surface area contributed by atoms with Crippen molar-refractivity contribution in [3.05, 3.63) is 63.8 Å². The van der Waals surface area contributed by atoms with Gasteiger partial charge in [-0.15, -0.1) is 0 Å². The fourth-order valence-corrected chi connectivity index (χ4v) is 2.82. The monoisotopic (exact) mass is 385 g/mol. The molecule has 1 aromatic heterocycles. The predicted octanol–water partition coefficient (Wildman–Crippen LogP) is 5.93. The number of pyridine rings is 1. The molecule has 0 bridgehead atoms. The average molecular weight is 386 g/mol. The van der Waals surface area contributed by atoms with Gasteiger partial charge in [0.15, 0.2) is 0 Å². The van der Waals surface area contributed by atoms with Gasteiger partial charge in [0.2, 0.25) is 0 Å². The Bertz CT molecular complexity index is 986. The van der Waals surface area contributed by atoms with E-state index in [0.29, 0.717) is 22.0 Å². The summed E-state index contributed by atoms with van der Waals surface area (Å²) in [4.78, 5) is 15.2. The zero-order valence-corrected chi connectivity index (χ0v) is 13.7. The predicted molar refractivity (Wildman–Crippen MR) is 89.2 cm³/mol. The van der Waals surface area contributed by atoms with Gasteiger partial charge in [0.05, 0.1) is 26.7 Å². The van der Waals surface area contributed by atoms with Crippen LogP contribution in [0.5, 0.6) is 0 Å². The molecule has 2 aromatic carbocycles. The van der Waals surface area contributed by atoms with E-state index in [0.717, 1.165) is 18.3 Å². The molecule has 3 nitrogen and oxygen atoms in total. The van der Waals surface area contributed by atoms with Crippen LogP contribution in [0, 0.1) is 0 Å². The highest BCUT2D eigenvalue weighted by atomic mass is 35.5. The van der Waals surface area contributed by atoms with Crippen molar-refractivity contribution in [1.29, 1.82) is 0 Å². The van der Waals surface area contributed by atoms with Crippen molar-refractivity contribution < 1.29 is 23.1 Å². The Labute approximate surface area is 149 Å². The highest BCUT2D eigenvalue weighted by Crippen LogP contribution is 2.38. The number of hydrogen-bond acceptors (Lipinski definition) is 2. The van der Waals surface area contributed by atoms with Crippen LogP contribution < -0.4 is 0 Å². The highest BCUT2D eigenvalue weighted by molar-refractivity contribution is 6.45. The zero-order valence-electron chi connectivity index (χ0n) is 12.2. The molecule has 0 radical (unpaired) electrons. The number of aromatic carboxylic acids is 1. The smallest absolute Gasteiger partial charge is 0.416 e. The second kappa shape index (κ2) is 6.20. The van der Waals surface area contributed by atoms with Gasteiger partial charge < -0.3 is 5.11 Å². The van der Waals surface area contributed by atoms with E-state index in [1.165, 1.54) is 24.3 Å². The summed E-state index contributed by atoms with van der Waals surface area (Å²) < 4.78 is 38.1. The second-order valence-corrected chi connectivity index (χ2v) is 6.01. The fraction of sp³-hybridized carbons (Fsp3) is 0.0588. The lowest BCUT2D eigenvalue weighted by Crippen LogP contribution is -2.04. The van der Waals surface area contributed by atoms with E-state index >= 15 is 0 Å². The van der Waals surface area contributed by atoms with E-state index in [2.05, 4.69) is 4.98 Å². The standard InChI is InChI=1S/C17H8Cl2F3NO2/c18-13-6-11(8-1-3-10(4-2-8)17(20,21)22)15-12(14(13)19)5-9(7-23-15)16(24)25/h1-7H,(H,24,25). The summed E-state index contributed by atoms with van der Waals surface area (Å²) in [6, 6.07) is 7.32. The molecule has 0 aliphatic heterocycles. The SMILES string of the molecule is O=C(O)c1cnc2c(-c3ccc(C(F)(F)F)cc3)cc(Cl)c(Cl)c2c1. The number of alkyl halides is 3. The highest BCUT2D eigenvalue weighted by Gasteiger charge is 2.30. The molecule has 3 rings (SSSR count). The number of halogens is 5. The van der Waals surface area contributed by atoms with Crippen LogP contribution in [0.2, 0.25) is 10.0 Å². The lowest BCUT2D eigenvalue weighted by Gasteiger charge is -2.12. The molecule has 0 unspecified atom stereocenters. The first kappa shape index (κ1) is 17.5. The lowest BCUT2D eigenvalue weighted by atomic mass is 10.00. The first-order chi connectivity index (χ1) is 11.7. The molecule has 0 fully saturated rings.